The number of aromatic nitrogens is 3. The molecule has 0 aliphatic heterocycles. The van der Waals surface area contributed by atoms with Crippen LogP contribution in [-0.4, -0.2) is 44.0 Å². The lowest BCUT2D eigenvalue weighted by Crippen LogP contribution is -2.50. The number of thioether (sulfide) groups is 1. The van der Waals surface area contributed by atoms with Crippen LogP contribution in [0.25, 0.3) is 0 Å². The standard InChI is InChI=1S/C18H28N6OS/c1-23(18(13-19)10-6-3-7-11-18)15(25)12-26-17-22-21-16(24(17)20)14-8-4-2-5-9-14/h14H,2-12,20H2,1H3. The maximum atomic E-state index is 12.7. The Bertz CT molecular complexity index is 670. The number of amides is 1. The highest BCUT2D eigenvalue weighted by Gasteiger charge is 2.38. The lowest BCUT2D eigenvalue weighted by molar-refractivity contribution is -0.131. The predicted octanol–water partition coefficient (Wildman–Crippen LogP) is 2.82. The van der Waals surface area contributed by atoms with Crippen molar-refractivity contribution in [2.45, 2.75) is 80.8 Å². The van der Waals surface area contributed by atoms with Crippen molar-refractivity contribution >= 4 is 17.7 Å². The van der Waals surface area contributed by atoms with Crippen molar-refractivity contribution in [2.24, 2.45) is 0 Å². The Hall–Kier alpha value is -1.75. The van der Waals surface area contributed by atoms with E-state index in [2.05, 4.69) is 16.3 Å². The number of hydrogen-bond donors (Lipinski definition) is 1. The average molecular weight is 377 g/mol. The molecule has 0 atom stereocenters. The van der Waals surface area contributed by atoms with Crippen molar-refractivity contribution in [1.29, 1.82) is 5.26 Å². The number of nitrogens with zero attached hydrogens (tertiary/aromatic N) is 5. The molecule has 8 heteroatoms. The Morgan fingerprint density at radius 1 is 1.27 bits per heavy atom. The number of hydrogen-bond acceptors (Lipinski definition) is 6. The second kappa shape index (κ2) is 8.30. The van der Waals surface area contributed by atoms with Crippen LogP contribution < -0.4 is 5.84 Å². The summed E-state index contributed by atoms with van der Waals surface area (Å²) >= 11 is 1.31. The van der Waals surface area contributed by atoms with Crippen LogP contribution in [-0.2, 0) is 4.79 Å². The molecule has 1 amide bonds. The highest BCUT2D eigenvalue weighted by molar-refractivity contribution is 7.99. The quantitative estimate of drug-likeness (QED) is 0.626. The van der Waals surface area contributed by atoms with E-state index in [1.807, 2.05) is 0 Å². The fourth-order valence-electron chi connectivity index (χ4n) is 4.15. The Kier molecular flexibility index (Phi) is 6.07. The topological polar surface area (TPSA) is 101 Å². The van der Waals surface area contributed by atoms with Crippen LogP contribution in [0.1, 0.15) is 76.0 Å². The van der Waals surface area contributed by atoms with Gasteiger partial charge in [0, 0.05) is 13.0 Å². The fourth-order valence-corrected chi connectivity index (χ4v) is 4.92. The summed E-state index contributed by atoms with van der Waals surface area (Å²) in [6.07, 6.45) is 10.6. The minimum Gasteiger partial charge on any atom is -0.336 e. The monoisotopic (exact) mass is 376 g/mol. The molecule has 0 bridgehead atoms. The summed E-state index contributed by atoms with van der Waals surface area (Å²) < 4.78 is 1.55. The van der Waals surface area contributed by atoms with Crippen molar-refractivity contribution in [3.63, 3.8) is 0 Å². The van der Waals surface area contributed by atoms with Gasteiger partial charge in [-0.3, -0.25) is 4.79 Å². The Morgan fingerprint density at radius 2 is 1.92 bits per heavy atom. The number of rotatable bonds is 5. The smallest absolute Gasteiger partial charge is 0.234 e. The van der Waals surface area contributed by atoms with Crippen LogP contribution in [0.15, 0.2) is 5.16 Å². The molecule has 1 aromatic heterocycles. The molecule has 7 nitrogen and oxygen atoms in total. The van der Waals surface area contributed by atoms with E-state index < -0.39 is 5.54 Å². The van der Waals surface area contributed by atoms with Crippen LogP contribution in [0.3, 0.4) is 0 Å². The van der Waals surface area contributed by atoms with Crippen LogP contribution in [0, 0.1) is 11.3 Å². The van der Waals surface area contributed by atoms with E-state index >= 15 is 0 Å². The average Bonchev–Trinajstić information content (AvgIpc) is 3.07. The first-order valence-electron chi connectivity index (χ1n) is 9.58. The molecule has 0 spiro atoms. The van der Waals surface area contributed by atoms with E-state index in [1.165, 1.54) is 31.0 Å². The van der Waals surface area contributed by atoms with E-state index in [9.17, 15) is 10.1 Å². The zero-order chi connectivity index (χ0) is 18.6. The third kappa shape index (κ3) is 3.83. The van der Waals surface area contributed by atoms with Crippen LogP contribution in [0.4, 0.5) is 0 Å². The normalized spacial score (nSPS) is 20.5. The SMILES string of the molecule is CN(C(=O)CSc1nnc(C2CCCCC2)n1N)C1(C#N)CCCCC1. The molecule has 1 heterocycles. The van der Waals surface area contributed by atoms with Gasteiger partial charge in [-0.1, -0.05) is 50.3 Å². The first-order chi connectivity index (χ1) is 12.6. The lowest BCUT2D eigenvalue weighted by Gasteiger charge is -2.39. The van der Waals surface area contributed by atoms with Gasteiger partial charge >= 0.3 is 0 Å². The van der Waals surface area contributed by atoms with Crippen molar-refractivity contribution in [3.8, 4) is 6.07 Å². The maximum absolute atomic E-state index is 12.7. The summed E-state index contributed by atoms with van der Waals surface area (Å²) in [5.74, 6) is 7.55. The van der Waals surface area contributed by atoms with E-state index in [0.717, 1.165) is 50.8 Å². The van der Waals surface area contributed by atoms with Gasteiger partial charge in [0.2, 0.25) is 11.1 Å². The van der Waals surface area contributed by atoms with Gasteiger partial charge in [-0.05, 0) is 25.7 Å². The Balaban J connectivity index is 1.61. The summed E-state index contributed by atoms with van der Waals surface area (Å²) in [6.45, 7) is 0. The summed E-state index contributed by atoms with van der Waals surface area (Å²) in [5, 5.41) is 18.7. The molecule has 2 aliphatic carbocycles. The van der Waals surface area contributed by atoms with Gasteiger partial charge in [0.25, 0.3) is 0 Å². The van der Waals surface area contributed by atoms with E-state index in [-0.39, 0.29) is 11.7 Å². The molecule has 26 heavy (non-hydrogen) atoms. The number of carbonyl (C=O) groups is 1. The van der Waals surface area contributed by atoms with Gasteiger partial charge in [0.15, 0.2) is 5.82 Å². The third-order valence-electron chi connectivity index (χ3n) is 5.89. The summed E-state index contributed by atoms with van der Waals surface area (Å²) in [4.78, 5) is 14.3. The second-order valence-electron chi connectivity index (χ2n) is 7.49. The highest BCUT2D eigenvalue weighted by Crippen LogP contribution is 2.34. The number of carbonyl (C=O) groups excluding carboxylic acids is 1. The van der Waals surface area contributed by atoms with Gasteiger partial charge in [-0.2, -0.15) is 5.26 Å². The molecular weight excluding hydrogens is 348 g/mol. The molecule has 2 aliphatic rings. The molecule has 0 saturated heterocycles. The van der Waals surface area contributed by atoms with Crippen LogP contribution in [0.5, 0.6) is 0 Å². The second-order valence-corrected chi connectivity index (χ2v) is 8.43. The van der Waals surface area contributed by atoms with E-state index in [4.69, 9.17) is 5.84 Å². The molecule has 2 saturated carbocycles. The molecule has 2 fully saturated rings. The predicted molar refractivity (Wildman–Crippen MR) is 101 cm³/mol. The highest BCUT2D eigenvalue weighted by atomic mass is 32.2. The summed E-state index contributed by atoms with van der Waals surface area (Å²) in [7, 11) is 1.75. The number of nitrogen functional groups attached to an aromatic ring is 1. The van der Waals surface area contributed by atoms with E-state index in [1.54, 1.807) is 16.6 Å². The number of nitrogens with two attached hydrogens (primary N) is 1. The van der Waals surface area contributed by atoms with Crippen molar-refractivity contribution in [3.05, 3.63) is 5.82 Å². The van der Waals surface area contributed by atoms with Crippen LogP contribution in [0.2, 0.25) is 0 Å². The molecule has 142 valence electrons. The minimum atomic E-state index is -0.653. The first kappa shape index (κ1) is 19.0. The molecule has 1 aromatic rings. The first-order valence-corrected chi connectivity index (χ1v) is 10.6. The molecular formula is C18H28N6OS. The van der Waals surface area contributed by atoms with Gasteiger partial charge < -0.3 is 10.7 Å². The van der Waals surface area contributed by atoms with E-state index in [0.29, 0.717) is 11.1 Å². The van der Waals surface area contributed by atoms with Gasteiger partial charge in [0.05, 0.1) is 11.8 Å². The summed E-state index contributed by atoms with van der Waals surface area (Å²) in [6, 6.07) is 2.39. The zero-order valence-electron chi connectivity index (χ0n) is 15.5. The Morgan fingerprint density at radius 3 is 2.58 bits per heavy atom. The molecule has 0 radical (unpaired) electrons. The molecule has 3 rings (SSSR count). The third-order valence-corrected chi connectivity index (χ3v) is 6.82. The Labute approximate surface area is 159 Å². The summed E-state index contributed by atoms with van der Waals surface area (Å²) in [5.41, 5.74) is -0.653. The van der Waals surface area contributed by atoms with Crippen molar-refractivity contribution < 1.29 is 4.79 Å². The van der Waals surface area contributed by atoms with Gasteiger partial charge in [0.1, 0.15) is 5.54 Å². The molecule has 0 aromatic carbocycles. The lowest BCUT2D eigenvalue weighted by atomic mass is 9.81. The van der Waals surface area contributed by atoms with Gasteiger partial charge in [-0.25, -0.2) is 4.68 Å². The molecule has 2 N–H and O–H groups in total. The minimum absolute atomic E-state index is 0.0549. The van der Waals surface area contributed by atoms with Crippen molar-refractivity contribution in [1.82, 2.24) is 19.8 Å². The largest absolute Gasteiger partial charge is 0.336 e. The zero-order valence-corrected chi connectivity index (χ0v) is 16.3. The number of nitriles is 1. The fraction of sp³-hybridized carbons (Fsp3) is 0.778. The van der Waals surface area contributed by atoms with Crippen LogP contribution >= 0.6 is 11.8 Å². The van der Waals surface area contributed by atoms with Gasteiger partial charge in [-0.15, -0.1) is 10.2 Å². The van der Waals surface area contributed by atoms with Crippen molar-refractivity contribution in [2.75, 3.05) is 18.6 Å². The maximum Gasteiger partial charge on any atom is 0.234 e. The molecule has 0 unspecified atom stereocenters.